The van der Waals surface area contributed by atoms with Gasteiger partial charge in [-0.05, 0) is 102 Å². The van der Waals surface area contributed by atoms with Gasteiger partial charge in [0.2, 0.25) is 0 Å². The van der Waals surface area contributed by atoms with Gasteiger partial charge in [-0.25, -0.2) is 0 Å². The highest BCUT2D eigenvalue weighted by molar-refractivity contribution is 5.13. The molecule has 0 aromatic carbocycles. The van der Waals surface area contributed by atoms with Crippen LogP contribution in [0.2, 0.25) is 0 Å². The van der Waals surface area contributed by atoms with Gasteiger partial charge < -0.3 is 0 Å². The first-order valence-corrected chi connectivity index (χ1v) is 13.6. The third-order valence-electron chi connectivity index (χ3n) is 6.53. The summed E-state index contributed by atoms with van der Waals surface area (Å²) in [5.41, 5.74) is 8.65. The Balaban J connectivity index is 1.39. The van der Waals surface area contributed by atoms with E-state index in [1.807, 2.05) is 0 Å². The molecule has 0 saturated heterocycles. The molecule has 0 saturated carbocycles. The molecule has 0 aliphatic rings. The SMILES string of the molecule is Cc1cccc(CN(CCCCN(Cc2cccc(C)n2)Cc2cccc(C)n2)Cc2cccc(C)n2)n1. The molecule has 0 unspecified atom stereocenters. The van der Waals surface area contributed by atoms with E-state index in [1.54, 1.807) is 0 Å². The van der Waals surface area contributed by atoms with Crippen LogP contribution in [0.25, 0.3) is 0 Å². The number of pyridine rings is 4. The van der Waals surface area contributed by atoms with Crippen LogP contribution in [0.1, 0.15) is 58.4 Å². The molecule has 4 rings (SSSR count). The monoisotopic (exact) mass is 508 g/mol. The summed E-state index contributed by atoms with van der Waals surface area (Å²) in [6.07, 6.45) is 2.19. The van der Waals surface area contributed by atoms with Crippen molar-refractivity contribution in [2.24, 2.45) is 0 Å². The zero-order valence-electron chi connectivity index (χ0n) is 23.3. The van der Waals surface area contributed by atoms with Gasteiger partial charge in [0.1, 0.15) is 0 Å². The third kappa shape index (κ3) is 9.12. The first-order chi connectivity index (χ1) is 18.4. The van der Waals surface area contributed by atoms with Crippen LogP contribution in [0.15, 0.2) is 72.8 Å². The summed E-state index contributed by atoms with van der Waals surface area (Å²) in [7, 11) is 0. The van der Waals surface area contributed by atoms with Gasteiger partial charge in [-0.15, -0.1) is 0 Å². The molecule has 0 amide bonds. The molecule has 38 heavy (non-hydrogen) atoms. The zero-order chi connectivity index (χ0) is 26.7. The van der Waals surface area contributed by atoms with Gasteiger partial charge in [0, 0.05) is 49.0 Å². The number of hydrogen-bond acceptors (Lipinski definition) is 6. The maximum absolute atomic E-state index is 4.75. The van der Waals surface area contributed by atoms with Gasteiger partial charge >= 0.3 is 0 Å². The minimum absolute atomic E-state index is 0.821. The van der Waals surface area contributed by atoms with Crippen LogP contribution < -0.4 is 0 Å². The Morgan fingerprint density at radius 3 is 0.921 bits per heavy atom. The van der Waals surface area contributed by atoms with E-state index in [4.69, 9.17) is 19.9 Å². The Kier molecular flexibility index (Phi) is 10.1. The van der Waals surface area contributed by atoms with Crippen molar-refractivity contribution in [3.05, 3.63) is 118 Å². The van der Waals surface area contributed by atoms with Crippen LogP contribution in [0, 0.1) is 27.7 Å². The summed E-state index contributed by atoms with van der Waals surface area (Å²) in [5.74, 6) is 0. The zero-order valence-corrected chi connectivity index (χ0v) is 23.3. The second-order valence-corrected chi connectivity index (χ2v) is 10.2. The van der Waals surface area contributed by atoms with Crippen molar-refractivity contribution in [1.82, 2.24) is 29.7 Å². The molecule has 0 radical (unpaired) electrons. The number of hydrogen-bond donors (Lipinski definition) is 0. The molecular formula is C32H40N6. The summed E-state index contributed by atoms with van der Waals surface area (Å²) in [5, 5.41) is 0. The quantitative estimate of drug-likeness (QED) is 0.207. The lowest BCUT2D eigenvalue weighted by atomic mass is 10.2. The Morgan fingerprint density at radius 2 is 0.684 bits per heavy atom. The van der Waals surface area contributed by atoms with Gasteiger partial charge in [-0.2, -0.15) is 0 Å². The van der Waals surface area contributed by atoms with Gasteiger partial charge in [0.25, 0.3) is 0 Å². The largest absolute Gasteiger partial charge is 0.292 e. The Hall–Kier alpha value is -3.48. The predicted octanol–water partition coefficient (Wildman–Crippen LogP) is 5.99. The number of aromatic nitrogens is 4. The summed E-state index contributed by atoms with van der Waals surface area (Å²) in [4.78, 5) is 23.9. The molecule has 4 heterocycles. The average molecular weight is 509 g/mol. The van der Waals surface area contributed by atoms with Crippen molar-refractivity contribution in [1.29, 1.82) is 0 Å². The lowest BCUT2D eigenvalue weighted by Gasteiger charge is -2.24. The molecule has 0 fully saturated rings. The van der Waals surface area contributed by atoms with Crippen LogP contribution in [0.4, 0.5) is 0 Å². The second kappa shape index (κ2) is 13.9. The van der Waals surface area contributed by atoms with Gasteiger partial charge in [0.05, 0.1) is 22.8 Å². The Bertz CT molecular complexity index is 1110. The van der Waals surface area contributed by atoms with E-state index in [1.165, 1.54) is 0 Å². The van der Waals surface area contributed by atoms with Gasteiger partial charge in [-0.3, -0.25) is 29.7 Å². The number of aryl methyl sites for hydroxylation is 4. The van der Waals surface area contributed by atoms with Crippen LogP contribution in [-0.2, 0) is 26.2 Å². The van der Waals surface area contributed by atoms with Crippen molar-refractivity contribution < 1.29 is 0 Å². The molecule has 4 aromatic heterocycles. The third-order valence-corrected chi connectivity index (χ3v) is 6.53. The number of rotatable bonds is 13. The van der Waals surface area contributed by atoms with Crippen molar-refractivity contribution in [2.75, 3.05) is 13.1 Å². The van der Waals surface area contributed by atoms with Crippen molar-refractivity contribution >= 4 is 0 Å². The standard InChI is InChI=1S/C32H40N6/c1-25-11-7-15-29(33-25)21-37(22-30-16-8-12-26(2)34-30)19-5-6-20-38(23-31-17-9-13-27(3)35-31)24-32-18-10-14-28(4)36-32/h7-18H,5-6,19-24H2,1-4H3. The summed E-state index contributed by atoms with van der Waals surface area (Å²) >= 11 is 0. The maximum atomic E-state index is 4.75. The Labute approximate surface area is 227 Å². The molecule has 0 bridgehead atoms. The van der Waals surface area contributed by atoms with E-state index in [0.29, 0.717) is 0 Å². The minimum Gasteiger partial charge on any atom is -0.292 e. The first-order valence-electron chi connectivity index (χ1n) is 13.6. The fraction of sp³-hybridized carbons (Fsp3) is 0.375. The molecule has 0 atom stereocenters. The maximum Gasteiger partial charge on any atom is 0.0547 e. The normalized spacial score (nSPS) is 11.4. The van der Waals surface area contributed by atoms with Crippen molar-refractivity contribution in [2.45, 2.75) is 66.7 Å². The van der Waals surface area contributed by atoms with Crippen LogP contribution in [-0.4, -0.2) is 42.8 Å². The fourth-order valence-corrected chi connectivity index (χ4v) is 4.77. The van der Waals surface area contributed by atoms with E-state index in [2.05, 4.69) is 110 Å². The predicted molar refractivity (Wildman–Crippen MR) is 153 cm³/mol. The molecule has 0 spiro atoms. The summed E-state index contributed by atoms with van der Waals surface area (Å²) < 4.78 is 0. The molecular weight excluding hydrogens is 468 g/mol. The molecule has 4 aromatic rings. The molecule has 6 nitrogen and oxygen atoms in total. The summed E-state index contributed by atoms with van der Waals surface area (Å²) in [6, 6.07) is 25.1. The van der Waals surface area contributed by atoms with Crippen molar-refractivity contribution in [3.8, 4) is 0 Å². The molecule has 0 aliphatic heterocycles. The molecule has 6 heteroatoms. The van der Waals surface area contributed by atoms with Gasteiger partial charge in [-0.1, -0.05) is 24.3 Å². The lowest BCUT2D eigenvalue weighted by Crippen LogP contribution is -2.28. The highest BCUT2D eigenvalue weighted by atomic mass is 15.1. The Morgan fingerprint density at radius 1 is 0.421 bits per heavy atom. The first kappa shape index (κ1) is 27.6. The molecule has 0 N–H and O–H groups in total. The van der Waals surface area contributed by atoms with E-state index < -0.39 is 0 Å². The number of nitrogens with zero attached hydrogens (tertiary/aromatic N) is 6. The fourth-order valence-electron chi connectivity index (χ4n) is 4.77. The highest BCUT2D eigenvalue weighted by Crippen LogP contribution is 2.13. The number of unbranched alkanes of at least 4 members (excludes halogenated alkanes) is 1. The smallest absolute Gasteiger partial charge is 0.0547 e. The lowest BCUT2D eigenvalue weighted by molar-refractivity contribution is 0.218. The summed E-state index contributed by atoms with van der Waals surface area (Å²) in [6.45, 7) is 13.5. The van der Waals surface area contributed by atoms with Crippen molar-refractivity contribution in [3.63, 3.8) is 0 Å². The average Bonchev–Trinajstić information content (AvgIpc) is 2.86. The second-order valence-electron chi connectivity index (χ2n) is 10.2. The minimum atomic E-state index is 0.821. The molecule has 0 aliphatic carbocycles. The van der Waals surface area contributed by atoms with E-state index in [0.717, 1.165) is 97.7 Å². The highest BCUT2D eigenvalue weighted by Gasteiger charge is 2.12. The van der Waals surface area contributed by atoms with E-state index in [9.17, 15) is 0 Å². The van der Waals surface area contributed by atoms with Gasteiger partial charge in [0.15, 0.2) is 0 Å². The topological polar surface area (TPSA) is 58.0 Å². The van der Waals surface area contributed by atoms with E-state index >= 15 is 0 Å². The molecule has 198 valence electrons. The van der Waals surface area contributed by atoms with E-state index in [-0.39, 0.29) is 0 Å². The van der Waals surface area contributed by atoms with Crippen LogP contribution >= 0.6 is 0 Å². The van der Waals surface area contributed by atoms with Crippen LogP contribution in [0.3, 0.4) is 0 Å². The van der Waals surface area contributed by atoms with Crippen LogP contribution in [0.5, 0.6) is 0 Å².